The fourth-order valence-corrected chi connectivity index (χ4v) is 2.84. The number of guanidine groups is 1. The van der Waals surface area contributed by atoms with Gasteiger partial charge in [0.1, 0.15) is 0 Å². The van der Waals surface area contributed by atoms with E-state index in [4.69, 9.17) is 0 Å². The molecule has 0 bridgehead atoms. The average Bonchev–Trinajstić information content (AvgIpc) is 3.17. The highest BCUT2D eigenvalue weighted by atomic mass is 15.3. The minimum atomic E-state index is 0.713. The highest BCUT2D eigenvalue weighted by Gasteiger charge is 2.05. The summed E-state index contributed by atoms with van der Waals surface area (Å²) in [6, 6.07) is 18.7. The van der Waals surface area contributed by atoms with E-state index < -0.39 is 0 Å². The molecule has 1 heterocycles. The minimum Gasteiger partial charge on any atom is -0.352 e. The summed E-state index contributed by atoms with van der Waals surface area (Å²) in [5.41, 5.74) is 5.04. The Morgan fingerprint density at radius 1 is 0.923 bits per heavy atom. The first-order chi connectivity index (χ1) is 12.8. The summed E-state index contributed by atoms with van der Waals surface area (Å²) in [5, 5.41) is 11.1. The maximum absolute atomic E-state index is 4.33. The normalized spacial score (nSPS) is 11.4. The van der Waals surface area contributed by atoms with Gasteiger partial charge in [-0.15, -0.1) is 0 Å². The van der Waals surface area contributed by atoms with E-state index in [0.717, 1.165) is 19.0 Å². The maximum atomic E-state index is 4.33. The molecule has 0 aliphatic carbocycles. The second kappa shape index (κ2) is 8.85. The van der Waals surface area contributed by atoms with Gasteiger partial charge < -0.3 is 10.6 Å². The third-order valence-corrected chi connectivity index (χ3v) is 4.39. The van der Waals surface area contributed by atoms with Gasteiger partial charge in [0, 0.05) is 32.5 Å². The van der Waals surface area contributed by atoms with Gasteiger partial charge in [-0.05, 0) is 35.2 Å². The highest BCUT2D eigenvalue weighted by molar-refractivity contribution is 5.79. The predicted octanol–water partition coefficient (Wildman–Crippen LogP) is 3.11. The van der Waals surface area contributed by atoms with Crippen LogP contribution in [-0.4, -0.2) is 22.8 Å². The molecule has 5 nitrogen and oxygen atoms in total. The standard InChI is InChI=1S/C21H25N5/c1-17-8-3-4-9-18(17)14-23-21(22-2)24-15-19-10-5-6-11-20(19)16-26-13-7-12-25-26/h3-13H,14-16H2,1-2H3,(H2,22,23,24). The Labute approximate surface area is 154 Å². The number of aryl methyl sites for hydroxylation is 1. The van der Waals surface area contributed by atoms with Gasteiger partial charge in [-0.3, -0.25) is 9.67 Å². The van der Waals surface area contributed by atoms with Crippen LogP contribution in [-0.2, 0) is 19.6 Å². The van der Waals surface area contributed by atoms with Crippen LogP contribution >= 0.6 is 0 Å². The molecule has 0 radical (unpaired) electrons. The number of nitrogens with zero attached hydrogens (tertiary/aromatic N) is 3. The molecule has 3 aromatic rings. The summed E-state index contributed by atoms with van der Waals surface area (Å²) in [6.07, 6.45) is 3.78. The van der Waals surface area contributed by atoms with Gasteiger partial charge in [-0.25, -0.2) is 0 Å². The van der Waals surface area contributed by atoms with Crippen LogP contribution in [0.4, 0.5) is 0 Å². The molecule has 2 N–H and O–H groups in total. The summed E-state index contributed by atoms with van der Waals surface area (Å²) >= 11 is 0. The Hall–Kier alpha value is -3.08. The molecule has 0 saturated carbocycles. The quantitative estimate of drug-likeness (QED) is 0.532. The lowest BCUT2D eigenvalue weighted by atomic mass is 10.1. The number of hydrogen-bond acceptors (Lipinski definition) is 2. The molecule has 0 aliphatic heterocycles. The van der Waals surface area contributed by atoms with Gasteiger partial charge in [0.05, 0.1) is 6.54 Å². The fourth-order valence-electron chi connectivity index (χ4n) is 2.84. The van der Waals surface area contributed by atoms with Crippen LogP contribution in [0.3, 0.4) is 0 Å². The summed E-state index contributed by atoms with van der Waals surface area (Å²) < 4.78 is 1.93. The van der Waals surface area contributed by atoms with Gasteiger partial charge in [0.25, 0.3) is 0 Å². The van der Waals surface area contributed by atoms with Crippen molar-refractivity contribution in [2.24, 2.45) is 4.99 Å². The van der Waals surface area contributed by atoms with Crippen LogP contribution in [0.2, 0.25) is 0 Å². The van der Waals surface area contributed by atoms with E-state index in [9.17, 15) is 0 Å². The Bertz CT molecular complexity index is 852. The lowest BCUT2D eigenvalue weighted by molar-refractivity contribution is 0.677. The number of rotatable bonds is 6. The van der Waals surface area contributed by atoms with E-state index in [2.05, 4.69) is 76.2 Å². The maximum Gasteiger partial charge on any atom is 0.191 e. The molecule has 0 fully saturated rings. The van der Waals surface area contributed by atoms with Crippen LogP contribution in [0.25, 0.3) is 0 Å². The van der Waals surface area contributed by atoms with Crippen LogP contribution < -0.4 is 10.6 Å². The fraction of sp³-hybridized carbons (Fsp3) is 0.238. The molecule has 0 aliphatic rings. The zero-order valence-electron chi connectivity index (χ0n) is 15.3. The smallest absolute Gasteiger partial charge is 0.191 e. The first-order valence-corrected chi connectivity index (χ1v) is 8.79. The topological polar surface area (TPSA) is 54.2 Å². The molecule has 2 aromatic carbocycles. The average molecular weight is 347 g/mol. The lowest BCUT2D eigenvalue weighted by Gasteiger charge is -2.15. The minimum absolute atomic E-state index is 0.713. The largest absolute Gasteiger partial charge is 0.352 e. The van der Waals surface area contributed by atoms with E-state index in [-0.39, 0.29) is 0 Å². The zero-order chi connectivity index (χ0) is 18.2. The molecule has 0 unspecified atom stereocenters. The second-order valence-corrected chi connectivity index (χ2v) is 6.18. The SMILES string of the molecule is CN=C(NCc1ccccc1C)NCc1ccccc1Cn1cccn1. The van der Waals surface area contributed by atoms with E-state index in [0.29, 0.717) is 6.54 Å². The van der Waals surface area contributed by atoms with Crippen molar-refractivity contribution in [3.8, 4) is 0 Å². The number of benzene rings is 2. The summed E-state index contributed by atoms with van der Waals surface area (Å²) in [5.74, 6) is 0.794. The molecular formula is C21H25N5. The molecule has 26 heavy (non-hydrogen) atoms. The Morgan fingerprint density at radius 2 is 1.58 bits per heavy atom. The van der Waals surface area contributed by atoms with Crippen molar-refractivity contribution >= 4 is 5.96 Å². The van der Waals surface area contributed by atoms with E-state index in [1.54, 1.807) is 13.2 Å². The number of hydrogen-bond donors (Lipinski definition) is 2. The van der Waals surface area contributed by atoms with Gasteiger partial charge in [0.2, 0.25) is 0 Å². The third-order valence-electron chi connectivity index (χ3n) is 4.39. The molecule has 3 rings (SSSR count). The molecule has 5 heteroatoms. The van der Waals surface area contributed by atoms with Gasteiger partial charge in [0.15, 0.2) is 5.96 Å². The van der Waals surface area contributed by atoms with Crippen molar-refractivity contribution < 1.29 is 0 Å². The van der Waals surface area contributed by atoms with Crippen molar-refractivity contribution in [3.05, 3.63) is 89.2 Å². The number of aromatic nitrogens is 2. The second-order valence-electron chi connectivity index (χ2n) is 6.18. The van der Waals surface area contributed by atoms with Crippen molar-refractivity contribution in [1.82, 2.24) is 20.4 Å². The summed E-state index contributed by atoms with van der Waals surface area (Å²) in [7, 11) is 1.79. The van der Waals surface area contributed by atoms with E-state index >= 15 is 0 Å². The lowest BCUT2D eigenvalue weighted by Crippen LogP contribution is -2.36. The number of nitrogens with one attached hydrogen (secondary N) is 2. The van der Waals surface area contributed by atoms with Crippen molar-refractivity contribution in [2.45, 2.75) is 26.6 Å². The molecule has 0 amide bonds. The zero-order valence-corrected chi connectivity index (χ0v) is 15.3. The van der Waals surface area contributed by atoms with Gasteiger partial charge >= 0.3 is 0 Å². The van der Waals surface area contributed by atoms with Crippen molar-refractivity contribution in [2.75, 3.05) is 7.05 Å². The summed E-state index contributed by atoms with van der Waals surface area (Å²) in [4.78, 5) is 4.33. The van der Waals surface area contributed by atoms with Gasteiger partial charge in [-0.2, -0.15) is 5.10 Å². The molecule has 0 atom stereocenters. The first-order valence-electron chi connectivity index (χ1n) is 8.79. The monoisotopic (exact) mass is 347 g/mol. The Balaban J connectivity index is 1.60. The number of aliphatic imine (C=N–C) groups is 1. The van der Waals surface area contributed by atoms with Crippen LogP contribution in [0.5, 0.6) is 0 Å². The Morgan fingerprint density at radius 3 is 2.23 bits per heavy atom. The molecule has 0 saturated heterocycles. The third kappa shape index (κ3) is 4.72. The van der Waals surface area contributed by atoms with Gasteiger partial charge in [-0.1, -0.05) is 48.5 Å². The Kier molecular flexibility index (Phi) is 6.04. The van der Waals surface area contributed by atoms with Crippen LogP contribution in [0.1, 0.15) is 22.3 Å². The molecule has 0 spiro atoms. The first kappa shape index (κ1) is 17.7. The van der Waals surface area contributed by atoms with Crippen LogP contribution in [0, 0.1) is 6.92 Å². The predicted molar refractivity (Wildman–Crippen MR) is 106 cm³/mol. The summed E-state index contributed by atoms with van der Waals surface area (Å²) in [6.45, 7) is 4.35. The van der Waals surface area contributed by atoms with Crippen LogP contribution in [0.15, 0.2) is 72.0 Å². The van der Waals surface area contributed by atoms with E-state index in [1.165, 1.54) is 22.3 Å². The molecular weight excluding hydrogens is 322 g/mol. The van der Waals surface area contributed by atoms with Crippen molar-refractivity contribution in [3.63, 3.8) is 0 Å². The van der Waals surface area contributed by atoms with E-state index in [1.807, 2.05) is 16.9 Å². The van der Waals surface area contributed by atoms with Crippen molar-refractivity contribution in [1.29, 1.82) is 0 Å². The molecule has 134 valence electrons. The highest BCUT2D eigenvalue weighted by Crippen LogP contribution is 2.10. The molecule has 1 aromatic heterocycles.